The highest BCUT2D eigenvalue weighted by atomic mass is 32.2. The smallest absolute Gasteiger partial charge is 0.388 e. The van der Waals surface area contributed by atoms with Gasteiger partial charge in [-0.2, -0.15) is 13.2 Å². The van der Waals surface area contributed by atoms with Crippen LogP contribution < -0.4 is 0 Å². The SMILES string of the molecule is O=CCc1ccc(S(=O)(=O)C(F)(F)F)c2c1CCC2O. The van der Waals surface area contributed by atoms with Gasteiger partial charge in [0.25, 0.3) is 9.84 Å². The van der Waals surface area contributed by atoms with Crippen LogP contribution in [0.4, 0.5) is 13.2 Å². The first-order valence-electron chi connectivity index (χ1n) is 5.78. The molecular formula is C12H11F3O4S. The Labute approximate surface area is 113 Å². The number of sulfone groups is 1. The second-order valence-electron chi connectivity index (χ2n) is 4.49. The van der Waals surface area contributed by atoms with Gasteiger partial charge in [-0.1, -0.05) is 6.07 Å². The zero-order chi connectivity index (χ0) is 15.1. The summed E-state index contributed by atoms with van der Waals surface area (Å²) in [6.07, 6.45) is -0.310. The molecular weight excluding hydrogens is 297 g/mol. The summed E-state index contributed by atoms with van der Waals surface area (Å²) in [7, 11) is -5.51. The number of aldehydes is 1. The third-order valence-corrected chi connectivity index (χ3v) is 4.86. The number of aliphatic hydroxyl groups is 1. The van der Waals surface area contributed by atoms with Crippen LogP contribution in [-0.2, 0) is 27.5 Å². The Balaban J connectivity index is 2.70. The molecule has 1 N–H and O–H groups in total. The topological polar surface area (TPSA) is 71.4 Å². The third kappa shape index (κ3) is 2.22. The maximum atomic E-state index is 12.6. The first-order chi connectivity index (χ1) is 9.20. The minimum Gasteiger partial charge on any atom is -0.388 e. The Bertz CT molecular complexity index is 649. The van der Waals surface area contributed by atoms with Crippen LogP contribution in [0.25, 0.3) is 0 Å². The van der Waals surface area contributed by atoms with Crippen molar-refractivity contribution in [2.75, 3.05) is 0 Å². The number of rotatable bonds is 3. The normalized spacial score (nSPS) is 18.9. The summed E-state index contributed by atoms with van der Waals surface area (Å²) in [4.78, 5) is 9.62. The predicted octanol–water partition coefficient (Wildman–Crippen LogP) is 1.70. The third-order valence-electron chi connectivity index (χ3n) is 3.31. The Morgan fingerprint density at radius 3 is 2.55 bits per heavy atom. The molecule has 0 amide bonds. The van der Waals surface area contributed by atoms with Gasteiger partial charge < -0.3 is 9.90 Å². The van der Waals surface area contributed by atoms with E-state index in [1.54, 1.807) is 0 Å². The summed E-state index contributed by atoms with van der Waals surface area (Å²) in [6, 6.07) is 2.01. The van der Waals surface area contributed by atoms with Gasteiger partial charge in [0, 0.05) is 12.0 Å². The molecule has 1 atom stereocenters. The zero-order valence-electron chi connectivity index (χ0n) is 10.1. The number of aliphatic hydroxyl groups excluding tert-OH is 1. The number of benzene rings is 1. The van der Waals surface area contributed by atoms with Crippen LogP contribution in [0.2, 0.25) is 0 Å². The van der Waals surface area contributed by atoms with E-state index in [1.807, 2.05) is 0 Å². The second kappa shape index (κ2) is 4.85. The molecule has 1 aliphatic rings. The molecule has 0 saturated heterocycles. The summed E-state index contributed by atoms with van der Waals surface area (Å²) >= 11 is 0. The van der Waals surface area contributed by atoms with Crippen LogP contribution in [0.3, 0.4) is 0 Å². The molecule has 2 rings (SSSR count). The van der Waals surface area contributed by atoms with E-state index >= 15 is 0 Å². The van der Waals surface area contributed by atoms with Gasteiger partial charge in [-0.05, 0) is 30.0 Å². The molecule has 1 aliphatic carbocycles. The van der Waals surface area contributed by atoms with Crippen molar-refractivity contribution in [3.05, 3.63) is 28.8 Å². The lowest BCUT2D eigenvalue weighted by molar-refractivity contribution is -0.107. The second-order valence-corrected chi connectivity index (χ2v) is 6.40. The molecule has 0 aromatic heterocycles. The first kappa shape index (κ1) is 15.0. The summed E-state index contributed by atoms with van der Waals surface area (Å²) in [5.41, 5.74) is -4.86. The number of carbonyl (C=O) groups is 1. The van der Waals surface area contributed by atoms with Gasteiger partial charge >= 0.3 is 5.51 Å². The molecule has 0 aliphatic heterocycles. The number of alkyl halides is 3. The van der Waals surface area contributed by atoms with Crippen LogP contribution in [0, 0.1) is 0 Å². The molecule has 0 saturated carbocycles. The van der Waals surface area contributed by atoms with Crippen molar-refractivity contribution in [3.63, 3.8) is 0 Å². The molecule has 1 aromatic carbocycles. The molecule has 0 bridgehead atoms. The number of hydrogen-bond acceptors (Lipinski definition) is 4. The maximum Gasteiger partial charge on any atom is 0.501 e. The van der Waals surface area contributed by atoms with Gasteiger partial charge in [0.2, 0.25) is 0 Å². The van der Waals surface area contributed by atoms with Crippen molar-refractivity contribution < 1.29 is 31.5 Å². The van der Waals surface area contributed by atoms with Crippen molar-refractivity contribution in [1.82, 2.24) is 0 Å². The Kier molecular flexibility index (Phi) is 3.64. The van der Waals surface area contributed by atoms with Crippen molar-refractivity contribution >= 4 is 16.1 Å². The number of halogens is 3. The molecule has 20 heavy (non-hydrogen) atoms. The van der Waals surface area contributed by atoms with Crippen molar-refractivity contribution in [2.24, 2.45) is 0 Å². The molecule has 0 heterocycles. The fourth-order valence-corrected chi connectivity index (χ4v) is 3.46. The largest absolute Gasteiger partial charge is 0.501 e. The van der Waals surface area contributed by atoms with Crippen LogP contribution in [0.15, 0.2) is 17.0 Å². The van der Waals surface area contributed by atoms with Crippen LogP contribution in [-0.4, -0.2) is 25.3 Å². The molecule has 1 aromatic rings. The quantitative estimate of drug-likeness (QED) is 0.863. The van der Waals surface area contributed by atoms with E-state index < -0.39 is 26.3 Å². The average Bonchev–Trinajstić information content (AvgIpc) is 2.71. The molecule has 0 fully saturated rings. The minimum absolute atomic E-state index is 0.0264. The van der Waals surface area contributed by atoms with Crippen molar-refractivity contribution in [3.8, 4) is 0 Å². The van der Waals surface area contributed by atoms with E-state index in [-0.39, 0.29) is 24.8 Å². The van der Waals surface area contributed by atoms with E-state index in [9.17, 15) is 31.5 Å². The van der Waals surface area contributed by atoms with Gasteiger partial charge in [0.15, 0.2) is 0 Å². The van der Waals surface area contributed by atoms with E-state index in [0.717, 1.165) is 6.07 Å². The van der Waals surface area contributed by atoms with Crippen LogP contribution in [0.5, 0.6) is 0 Å². The summed E-state index contributed by atoms with van der Waals surface area (Å²) < 4.78 is 61.0. The molecule has 110 valence electrons. The molecule has 1 unspecified atom stereocenters. The molecule has 4 nitrogen and oxygen atoms in total. The first-order valence-corrected chi connectivity index (χ1v) is 7.26. The highest BCUT2D eigenvalue weighted by Crippen LogP contribution is 2.41. The number of fused-ring (bicyclic) bond motifs is 1. The number of carbonyl (C=O) groups excluding carboxylic acids is 1. The van der Waals surface area contributed by atoms with E-state index in [2.05, 4.69) is 0 Å². The van der Waals surface area contributed by atoms with Crippen molar-refractivity contribution in [2.45, 2.75) is 35.8 Å². The fourth-order valence-electron chi connectivity index (χ4n) is 2.41. The summed E-state index contributed by atoms with van der Waals surface area (Å²) in [6.45, 7) is 0. The molecule has 8 heteroatoms. The Hall–Kier alpha value is -1.41. The van der Waals surface area contributed by atoms with Crippen LogP contribution in [0.1, 0.15) is 29.2 Å². The summed E-state index contributed by atoms with van der Waals surface area (Å²) in [5.74, 6) is 0. The van der Waals surface area contributed by atoms with Gasteiger partial charge in [-0.25, -0.2) is 8.42 Å². The van der Waals surface area contributed by atoms with Gasteiger partial charge in [0.1, 0.15) is 6.29 Å². The van der Waals surface area contributed by atoms with Gasteiger partial charge in [0.05, 0.1) is 11.0 Å². The average molecular weight is 308 g/mol. The highest BCUT2D eigenvalue weighted by molar-refractivity contribution is 7.92. The number of hydrogen-bond donors (Lipinski definition) is 1. The van der Waals surface area contributed by atoms with Crippen molar-refractivity contribution in [1.29, 1.82) is 0 Å². The Morgan fingerprint density at radius 2 is 2.00 bits per heavy atom. The minimum atomic E-state index is -5.51. The molecule has 0 radical (unpaired) electrons. The van der Waals surface area contributed by atoms with E-state index in [1.165, 1.54) is 6.07 Å². The van der Waals surface area contributed by atoms with Gasteiger partial charge in [-0.15, -0.1) is 0 Å². The lowest BCUT2D eigenvalue weighted by Gasteiger charge is -2.16. The van der Waals surface area contributed by atoms with E-state index in [0.29, 0.717) is 17.4 Å². The molecule has 0 spiro atoms. The monoisotopic (exact) mass is 308 g/mol. The standard InChI is InChI=1S/C12H11F3O4S/c13-12(14,15)20(18,19)10-4-1-7(5-6-16)8-2-3-9(17)11(8)10/h1,4,6,9,17H,2-3,5H2. The van der Waals surface area contributed by atoms with Crippen LogP contribution >= 0.6 is 0 Å². The summed E-state index contributed by atoms with van der Waals surface area (Å²) in [5, 5.41) is 9.76. The highest BCUT2D eigenvalue weighted by Gasteiger charge is 2.49. The lowest BCUT2D eigenvalue weighted by Crippen LogP contribution is -2.25. The zero-order valence-corrected chi connectivity index (χ0v) is 11.0. The predicted molar refractivity (Wildman–Crippen MR) is 62.7 cm³/mol. The lowest BCUT2D eigenvalue weighted by atomic mass is 10.0. The fraction of sp³-hybridized carbons (Fsp3) is 0.417. The van der Waals surface area contributed by atoms with Gasteiger partial charge in [-0.3, -0.25) is 0 Å². The maximum absolute atomic E-state index is 12.6. The Morgan fingerprint density at radius 1 is 1.35 bits per heavy atom. The van der Waals surface area contributed by atoms with E-state index in [4.69, 9.17) is 0 Å².